The van der Waals surface area contributed by atoms with Gasteiger partial charge in [-0.05, 0) is 53.9 Å². The molecule has 6 nitrogen and oxygen atoms in total. The van der Waals surface area contributed by atoms with E-state index in [1.54, 1.807) is 6.07 Å². The lowest BCUT2D eigenvalue weighted by Gasteiger charge is -2.12. The summed E-state index contributed by atoms with van der Waals surface area (Å²) in [5.41, 5.74) is 0.860. The highest BCUT2D eigenvalue weighted by atomic mass is 35.5. The van der Waals surface area contributed by atoms with Gasteiger partial charge in [0.15, 0.2) is 6.61 Å². The number of hydrogen-bond acceptors (Lipinski definition) is 4. The Morgan fingerprint density at radius 3 is 2.42 bits per heavy atom. The van der Waals surface area contributed by atoms with Crippen molar-refractivity contribution in [2.24, 2.45) is 0 Å². The first kappa shape index (κ1) is 22.6. The molecule has 4 rings (SSSR count). The van der Waals surface area contributed by atoms with Crippen molar-refractivity contribution in [3.05, 3.63) is 95.8 Å². The molecule has 0 saturated heterocycles. The van der Waals surface area contributed by atoms with Crippen molar-refractivity contribution < 1.29 is 22.3 Å². The highest BCUT2D eigenvalue weighted by Crippen LogP contribution is 2.29. The van der Waals surface area contributed by atoms with Gasteiger partial charge in [0.05, 0.1) is 9.92 Å². The largest absolute Gasteiger partial charge is 0.482 e. The number of carbonyl (C=O) groups excluding carboxylic acids is 1. The van der Waals surface area contributed by atoms with E-state index >= 15 is 0 Å². The SMILES string of the molecule is O=C(COc1ccc(S(=O)(=O)Nc2ccc(F)cc2)cc1Cl)Nc1cccc2ccccc12. The molecule has 0 atom stereocenters. The topological polar surface area (TPSA) is 84.5 Å². The Balaban J connectivity index is 1.42. The fraction of sp³-hybridized carbons (Fsp3) is 0.0417. The number of carbonyl (C=O) groups is 1. The third kappa shape index (κ3) is 5.42. The summed E-state index contributed by atoms with van der Waals surface area (Å²) in [7, 11) is -3.95. The predicted molar refractivity (Wildman–Crippen MR) is 127 cm³/mol. The van der Waals surface area contributed by atoms with Crippen LogP contribution in [0.1, 0.15) is 0 Å². The minimum Gasteiger partial charge on any atom is -0.482 e. The van der Waals surface area contributed by atoms with Crippen molar-refractivity contribution in [2.45, 2.75) is 4.90 Å². The normalized spacial score (nSPS) is 11.2. The molecule has 0 saturated carbocycles. The number of ether oxygens (including phenoxy) is 1. The van der Waals surface area contributed by atoms with E-state index in [2.05, 4.69) is 10.0 Å². The molecule has 0 aliphatic heterocycles. The molecule has 1 amide bonds. The summed E-state index contributed by atoms with van der Waals surface area (Å²) < 4.78 is 46.0. The van der Waals surface area contributed by atoms with Gasteiger partial charge in [-0.15, -0.1) is 0 Å². The van der Waals surface area contributed by atoms with Crippen LogP contribution >= 0.6 is 11.6 Å². The number of benzene rings is 4. The fourth-order valence-corrected chi connectivity index (χ4v) is 4.55. The van der Waals surface area contributed by atoms with Gasteiger partial charge in [-0.25, -0.2) is 12.8 Å². The third-order valence-corrected chi connectivity index (χ3v) is 6.41. The zero-order chi connectivity index (χ0) is 23.4. The van der Waals surface area contributed by atoms with E-state index in [1.165, 1.54) is 30.3 Å². The molecule has 0 bridgehead atoms. The van der Waals surface area contributed by atoms with Gasteiger partial charge in [0.2, 0.25) is 0 Å². The second-order valence-corrected chi connectivity index (χ2v) is 9.16. The lowest BCUT2D eigenvalue weighted by molar-refractivity contribution is -0.118. The molecule has 0 spiro atoms. The van der Waals surface area contributed by atoms with Crippen molar-refractivity contribution in [1.29, 1.82) is 0 Å². The highest BCUT2D eigenvalue weighted by molar-refractivity contribution is 7.92. The van der Waals surface area contributed by atoms with Gasteiger partial charge < -0.3 is 10.1 Å². The molecule has 0 heterocycles. The van der Waals surface area contributed by atoms with Gasteiger partial charge in [-0.3, -0.25) is 9.52 Å². The summed E-state index contributed by atoms with van der Waals surface area (Å²) in [6, 6.07) is 22.0. The molecule has 0 unspecified atom stereocenters. The van der Waals surface area contributed by atoms with E-state index in [0.717, 1.165) is 22.9 Å². The second-order valence-electron chi connectivity index (χ2n) is 7.07. The molecule has 4 aromatic carbocycles. The van der Waals surface area contributed by atoms with Gasteiger partial charge in [-0.2, -0.15) is 0 Å². The van der Waals surface area contributed by atoms with Crippen molar-refractivity contribution >= 4 is 49.7 Å². The Morgan fingerprint density at radius 1 is 0.939 bits per heavy atom. The summed E-state index contributed by atoms with van der Waals surface area (Å²) in [6.07, 6.45) is 0. The summed E-state index contributed by atoms with van der Waals surface area (Å²) in [5.74, 6) is -0.713. The first-order chi connectivity index (χ1) is 15.8. The van der Waals surface area contributed by atoms with Crippen molar-refractivity contribution in [3.8, 4) is 5.75 Å². The number of fused-ring (bicyclic) bond motifs is 1. The molecule has 0 aliphatic carbocycles. The van der Waals surface area contributed by atoms with E-state index in [0.29, 0.717) is 5.69 Å². The molecule has 168 valence electrons. The molecule has 0 fully saturated rings. The number of rotatable bonds is 7. The van der Waals surface area contributed by atoms with Crippen LogP contribution in [0.3, 0.4) is 0 Å². The second kappa shape index (κ2) is 9.48. The number of anilines is 2. The van der Waals surface area contributed by atoms with E-state index in [1.807, 2.05) is 36.4 Å². The molecule has 9 heteroatoms. The number of hydrogen-bond donors (Lipinski definition) is 2. The van der Waals surface area contributed by atoms with Crippen LogP contribution in [-0.4, -0.2) is 20.9 Å². The Labute approximate surface area is 195 Å². The van der Waals surface area contributed by atoms with E-state index in [4.69, 9.17) is 16.3 Å². The predicted octanol–water partition coefficient (Wildman–Crippen LogP) is 5.45. The summed E-state index contributed by atoms with van der Waals surface area (Å²) in [6.45, 7) is -0.317. The van der Waals surface area contributed by atoms with Crippen LogP contribution in [0, 0.1) is 5.82 Å². The number of halogens is 2. The Morgan fingerprint density at radius 2 is 1.67 bits per heavy atom. The number of sulfonamides is 1. The van der Waals surface area contributed by atoms with Gasteiger partial charge in [0, 0.05) is 16.8 Å². The van der Waals surface area contributed by atoms with Crippen LogP contribution in [0.5, 0.6) is 5.75 Å². The summed E-state index contributed by atoms with van der Waals surface area (Å²) in [4.78, 5) is 12.3. The molecule has 33 heavy (non-hydrogen) atoms. The van der Waals surface area contributed by atoms with Gasteiger partial charge in [-0.1, -0.05) is 48.0 Å². The average Bonchev–Trinajstić information content (AvgIpc) is 2.80. The van der Waals surface area contributed by atoms with E-state index in [9.17, 15) is 17.6 Å². The van der Waals surface area contributed by atoms with Crippen molar-refractivity contribution in [2.75, 3.05) is 16.6 Å². The highest BCUT2D eigenvalue weighted by Gasteiger charge is 2.17. The van der Waals surface area contributed by atoms with Crippen LogP contribution in [0.4, 0.5) is 15.8 Å². The standard InChI is InChI=1S/C24H18ClFN2O4S/c25-21-14-19(33(30,31)28-18-10-8-17(26)9-11-18)12-13-23(21)32-15-24(29)27-22-7-3-5-16-4-1-2-6-20(16)22/h1-14,28H,15H2,(H,27,29). The maximum atomic E-state index is 13.0. The van der Waals surface area contributed by atoms with Gasteiger partial charge >= 0.3 is 0 Å². The summed E-state index contributed by atoms with van der Waals surface area (Å²) in [5, 5.41) is 4.71. The molecule has 4 aromatic rings. The minimum absolute atomic E-state index is 0.0231. The zero-order valence-corrected chi connectivity index (χ0v) is 18.7. The van der Waals surface area contributed by atoms with Crippen molar-refractivity contribution in [3.63, 3.8) is 0 Å². The Hall–Kier alpha value is -3.62. The van der Waals surface area contributed by atoms with E-state index in [-0.39, 0.29) is 28.0 Å². The molecule has 0 aromatic heterocycles. The number of nitrogens with one attached hydrogen (secondary N) is 2. The Kier molecular flexibility index (Phi) is 6.48. The smallest absolute Gasteiger partial charge is 0.262 e. The van der Waals surface area contributed by atoms with Gasteiger partial charge in [0.1, 0.15) is 11.6 Å². The Bertz CT molecular complexity index is 1420. The lowest BCUT2D eigenvalue weighted by atomic mass is 10.1. The fourth-order valence-electron chi connectivity index (χ4n) is 3.16. The minimum atomic E-state index is -3.95. The molecular weight excluding hydrogens is 467 g/mol. The molecule has 0 aliphatic rings. The monoisotopic (exact) mass is 484 g/mol. The number of amides is 1. The van der Waals surface area contributed by atoms with Crippen LogP contribution in [0.2, 0.25) is 5.02 Å². The molecule has 0 radical (unpaired) electrons. The summed E-state index contributed by atoms with van der Waals surface area (Å²) >= 11 is 6.18. The maximum Gasteiger partial charge on any atom is 0.262 e. The van der Waals surface area contributed by atoms with Gasteiger partial charge in [0.25, 0.3) is 15.9 Å². The van der Waals surface area contributed by atoms with Crippen LogP contribution in [0.15, 0.2) is 89.8 Å². The first-order valence-electron chi connectivity index (χ1n) is 9.80. The zero-order valence-electron chi connectivity index (χ0n) is 17.1. The third-order valence-electron chi connectivity index (χ3n) is 4.73. The van der Waals surface area contributed by atoms with Crippen molar-refractivity contribution in [1.82, 2.24) is 0 Å². The van der Waals surface area contributed by atoms with Crippen LogP contribution in [-0.2, 0) is 14.8 Å². The quantitative estimate of drug-likeness (QED) is 0.365. The average molecular weight is 485 g/mol. The molecular formula is C24H18ClFN2O4S. The van der Waals surface area contributed by atoms with E-state index < -0.39 is 21.7 Å². The lowest BCUT2D eigenvalue weighted by Crippen LogP contribution is -2.20. The maximum absolute atomic E-state index is 13.0. The van der Waals surface area contributed by atoms with Crippen LogP contribution in [0.25, 0.3) is 10.8 Å². The first-order valence-corrected chi connectivity index (χ1v) is 11.7. The van der Waals surface area contributed by atoms with Crippen LogP contribution < -0.4 is 14.8 Å². The molecule has 2 N–H and O–H groups in total.